The van der Waals surface area contributed by atoms with E-state index in [1.54, 1.807) is 25.0 Å². The Hall–Kier alpha value is -2.98. The zero-order valence-electron chi connectivity index (χ0n) is 22.6. The van der Waals surface area contributed by atoms with E-state index in [0.29, 0.717) is 40.5 Å². The van der Waals surface area contributed by atoms with Crippen molar-refractivity contribution in [1.29, 1.82) is 0 Å². The van der Waals surface area contributed by atoms with Gasteiger partial charge in [-0.15, -0.1) is 5.10 Å². The zero-order chi connectivity index (χ0) is 27.7. The number of aliphatic imine (C=N–C) groups is 1. The van der Waals surface area contributed by atoms with Gasteiger partial charge in [-0.25, -0.2) is 14.5 Å². The molecule has 1 aromatic heterocycles. The van der Waals surface area contributed by atoms with Crippen molar-refractivity contribution in [3.8, 4) is 11.5 Å². The quantitative estimate of drug-likeness (QED) is 0.349. The van der Waals surface area contributed by atoms with E-state index >= 15 is 0 Å². The molecule has 5 rings (SSSR count). The van der Waals surface area contributed by atoms with Crippen LogP contribution in [0, 0.1) is 5.92 Å². The standard InChI is InChI=1S/C28H33ClN4O5S/c1-16-9-10-17(2)33-26(30-16)31-27(32-33)39-24-21(34)15-28(38-25(24)35,19-7-5-6-8-19)12-11-18-13-20(29)23(37-4)14-22(18)36-3/h10,13-14,19,34H,5-9,11-12,15H2,1-4H3. The summed E-state index contributed by atoms with van der Waals surface area (Å²) in [5.41, 5.74) is 1.90. The van der Waals surface area contributed by atoms with E-state index in [1.165, 1.54) is 0 Å². The first-order valence-corrected chi connectivity index (χ1v) is 14.3. The predicted octanol–water partition coefficient (Wildman–Crippen LogP) is 6.68. The van der Waals surface area contributed by atoms with E-state index < -0.39 is 11.6 Å². The fourth-order valence-corrected chi connectivity index (χ4v) is 6.67. The summed E-state index contributed by atoms with van der Waals surface area (Å²) < 4.78 is 18.8. The number of methoxy groups -OCH3 is 2. The third-order valence-corrected chi connectivity index (χ3v) is 9.02. The number of carbonyl (C=O) groups excluding carboxylic acids is 1. The van der Waals surface area contributed by atoms with Crippen LogP contribution in [0.4, 0.5) is 5.95 Å². The summed E-state index contributed by atoms with van der Waals surface area (Å²) in [4.78, 5) is 22.6. The first-order chi connectivity index (χ1) is 18.7. The summed E-state index contributed by atoms with van der Waals surface area (Å²) in [6.07, 6.45) is 8.13. The number of hydrogen-bond acceptors (Lipinski definition) is 9. The number of cyclic esters (lactones) is 1. The van der Waals surface area contributed by atoms with E-state index in [0.717, 1.165) is 60.8 Å². The predicted molar refractivity (Wildman–Crippen MR) is 151 cm³/mol. The van der Waals surface area contributed by atoms with Crippen LogP contribution in [0.25, 0.3) is 5.70 Å². The molecule has 0 radical (unpaired) electrons. The number of benzene rings is 1. The summed E-state index contributed by atoms with van der Waals surface area (Å²) in [5, 5.41) is 16.6. The fraction of sp³-hybridized carbons (Fsp3) is 0.500. The highest BCUT2D eigenvalue weighted by atomic mass is 35.5. The molecule has 9 nitrogen and oxygen atoms in total. The number of halogens is 1. The van der Waals surface area contributed by atoms with Crippen molar-refractivity contribution >= 4 is 46.7 Å². The number of esters is 1. The van der Waals surface area contributed by atoms with Crippen molar-refractivity contribution in [2.24, 2.45) is 10.9 Å². The Balaban J connectivity index is 1.41. The molecular weight excluding hydrogens is 540 g/mol. The number of aromatic nitrogens is 3. The molecule has 208 valence electrons. The normalized spacial score (nSPS) is 21.7. The molecule has 1 unspecified atom stereocenters. The van der Waals surface area contributed by atoms with Crippen molar-refractivity contribution in [3.05, 3.63) is 39.5 Å². The number of aliphatic hydroxyl groups excluding tert-OH is 1. The van der Waals surface area contributed by atoms with Crippen molar-refractivity contribution in [2.75, 3.05) is 14.2 Å². The third-order valence-electron chi connectivity index (χ3n) is 7.76. The average Bonchev–Trinajstić information content (AvgIpc) is 3.57. The molecular formula is C28H33ClN4O5S. The molecule has 1 fully saturated rings. The van der Waals surface area contributed by atoms with E-state index in [1.807, 2.05) is 26.0 Å². The molecule has 1 aromatic carbocycles. The molecule has 39 heavy (non-hydrogen) atoms. The van der Waals surface area contributed by atoms with Crippen LogP contribution in [0.2, 0.25) is 5.02 Å². The molecule has 0 amide bonds. The van der Waals surface area contributed by atoms with E-state index in [-0.39, 0.29) is 23.0 Å². The highest BCUT2D eigenvalue weighted by Crippen LogP contribution is 2.48. The van der Waals surface area contributed by atoms with E-state index in [4.69, 9.17) is 25.8 Å². The number of fused-ring (bicyclic) bond motifs is 1. The van der Waals surface area contributed by atoms with Gasteiger partial charge in [-0.1, -0.05) is 30.5 Å². The molecule has 0 saturated heterocycles. The van der Waals surface area contributed by atoms with Gasteiger partial charge >= 0.3 is 5.97 Å². The maximum Gasteiger partial charge on any atom is 0.349 e. The highest BCUT2D eigenvalue weighted by molar-refractivity contribution is 8.03. The van der Waals surface area contributed by atoms with Crippen LogP contribution in [-0.4, -0.2) is 51.4 Å². The van der Waals surface area contributed by atoms with Gasteiger partial charge in [-0.3, -0.25) is 0 Å². The summed E-state index contributed by atoms with van der Waals surface area (Å²) >= 11 is 7.43. The lowest BCUT2D eigenvalue weighted by Crippen LogP contribution is -2.45. The number of aryl methyl sites for hydroxylation is 1. The minimum Gasteiger partial charge on any atom is -0.511 e. The largest absolute Gasteiger partial charge is 0.511 e. The lowest BCUT2D eigenvalue weighted by Gasteiger charge is -2.41. The van der Waals surface area contributed by atoms with Crippen molar-refractivity contribution in [1.82, 2.24) is 14.8 Å². The minimum atomic E-state index is -0.821. The Bertz CT molecular complexity index is 1380. The molecule has 1 N–H and O–H groups in total. The molecule has 0 spiro atoms. The molecule has 3 heterocycles. The van der Waals surface area contributed by atoms with Crippen molar-refractivity contribution in [2.45, 2.75) is 76.0 Å². The van der Waals surface area contributed by atoms with Gasteiger partial charge < -0.3 is 19.3 Å². The van der Waals surface area contributed by atoms with Crippen LogP contribution in [0.15, 0.2) is 39.0 Å². The van der Waals surface area contributed by atoms with Gasteiger partial charge in [0.25, 0.3) is 5.95 Å². The van der Waals surface area contributed by atoms with Gasteiger partial charge in [0, 0.05) is 30.3 Å². The fourth-order valence-electron chi connectivity index (χ4n) is 5.66. The molecule has 1 aliphatic carbocycles. The Morgan fingerprint density at radius 3 is 2.64 bits per heavy atom. The second-order valence-corrected chi connectivity index (χ2v) is 11.7. The summed E-state index contributed by atoms with van der Waals surface area (Å²) in [6, 6.07) is 3.60. The number of hydrogen-bond donors (Lipinski definition) is 1. The molecule has 11 heteroatoms. The van der Waals surface area contributed by atoms with Crippen LogP contribution in [0.5, 0.6) is 11.5 Å². The smallest absolute Gasteiger partial charge is 0.349 e. The molecule has 2 aromatic rings. The van der Waals surface area contributed by atoms with Gasteiger partial charge in [-0.2, -0.15) is 4.98 Å². The molecule has 1 saturated carbocycles. The third kappa shape index (κ3) is 5.54. The summed E-state index contributed by atoms with van der Waals surface area (Å²) in [7, 11) is 3.16. The lowest BCUT2D eigenvalue weighted by atomic mass is 9.77. The Labute approximate surface area is 237 Å². The number of nitrogens with zero attached hydrogens (tertiary/aromatic N) is 4. The van der Waals surface area contributed by atoms with Gasteiger partial charge in [0.2, 0.25) is 5.16 Å². The second-order valence-electron chi connectivity index (χ2n) is 10.3. The molecule has 1 atom stereocenters. The van der Waals surface area contributed by atoms with Crippen LogP contribution in [-0.2, 0) is 16.0 Å². The average molecular weight is 573 g/mol. The van der Waals surface area contributed by atoms with Crippen LogP contribution < -0.4 is 9.47 Å². The molecule has 3 aliphatic rings. The monoisotopic (exact) mass is 572 g/mol. The van der Waals surface area contributed by atoms with Crippen LogP contribution >= 0.6 is 23.4 Å². The van der Waals surface area contributed by atoms with Gasteiger partial charge in [0.15, 0.2) is 0 Å². The highest BCUT2D eigenvalue weighted by Gasteiger charge is 2.48. The summed E-state index contributed by atoms with van der Waals surface area (Å²) in [6.45, 7) is 3.87. The number of thioether (sulfide) groups is 1. The molecule has 0 bridgehead atoms. The molecule has 2 aliphatic heterocycles. The number of ether oxygens (including phenoxy) is 3. The van der Waals surface area contributed by atoms with Crippen molar-refractivity contribution in [3.63, 3.8) is 0 Å². The van der Waals surface area contributed by atoms with Crippen molar-refractivity contribution < 1.29 is 24.1 Å². The van der Waals surface area contributed by atoms with Crippen LogP contribution in [0.1, 0.15) is 64.4 Å². The Morgan fingerprint density at radius 2 is 1.95 bits per heavy atom. The number of aliphatic hydroxyl groups is 1. The summed E-state index contributed by atoms with van der Waals surface area (Å²) in [5.74, 6) is 1.27. The lowest BCUT2D eigenvalue weighted by molar-refractivity contribution is -0.166. The maximum atomic E-state index is 13.4. The van der Waals surface area contributed by atoms with Gasteiger partial charge in [-0.05, 0) is 68.8 Å². The van der Waals surface area contributed by atoms with Gasteiger partial charge in [0.1, 0.15) is 27.8 Å². The van der Waals surface area contributed by atoms with E-state index in [9.17, 15) is 9.90 Å². The Morgan fingerprint density at radius 1 is 1.21 bits per heavy atom. The first-order valence-electron chi connectivity index (χ1n) is 13.1. The zero-order valence-corrected chi connectivity index (χ0v) is 24.2. The topological polar surface area (TPSA) is 108 Å². The second kappa shape index (κ2) is 11.3. The van der Waals surface area contributed by atoms with E-state index in [2.05, 4.69) is 15.1 Å². The SMILES string of the molecule is COc1cc(OC)c(CCC2(C3CCCC3)CC(O)=C(Sc3nc4n(n3)C(C)=CCC(C)=N4)C(=O)O2)cc1Cl. The van der Waals surface area contributed by atoms with Crippen LogP contribution in [0.3, 0.4) is 0 Å². The minimum absolute atomic E-state index is 0.0137. The number of allylic oxidation sites excluding steroid dienone is 2. The Kier molecular flexibility index (Phi) is 7.96. The van der Waals surface area contributed by atoms with Gasteiger partial charge in [0.05, 0.1) is 19.2 Å². The maximum absolute atomic E-state index is 13.4. The number of rotatable bonds is 8. The number of carbonyl (C=O) groups is 1. The first kappa shape index (κ1) is 27.6.